The standard InChI is InChI=1S/C17H23N5O/c1-5-8-14-18-11(4)15-17(23)19-12-9-10-13(21(6-2)7-3)20-16(12)22(14)15/h9-10H,5-8H2,1-4H3,(H,19,23). The third kappa shape index (κ3) is 2.48. The molecule has 0 aliphatic carbocycles. The molecule has 0 aliphatic rings. The van der Waals surface area contributed by atoms with E-state index in [1.165, 1.54) is 0 Å². The molecule has 0 bridgehead atoms. The summed E-state index contributed by atoms with van der Waals surface area (Å²) < 4.78 is 1.93. The highest BCUT2D eigenvalue weighted by Crippen LogP contribution is 2.20. The highest BCUT2D eigenvalue weighted by Gasteiger charge is 2.16. The van der Waals surface area contributed by atoms with Crippen LogP contribution in [0.4, 0.5) is 5.82 Å². The van der Waals surface area contributed by atoms with Crippen LogP contribution in [0.2, 0.25) is 0 Å². The number of nitrogens with one attached hydrogen (secondary N) is 1. The number of H-pyrrole nitrogens is 1. The van der Waals surface area contributed by atoms with E-state index in [-0.39, 0.29) is 5.56 Å². The molecule has 3 heterocycles. The fourth-order valence-corrected chi connectivity index (χ4v) is 3.08. The van der Waals surface area contributed by atoms with Crippen LogP contribution < -0.4 is 10.5 Å². The second-order valence-corrected chi connectivity index (χ2v) is 5.71. The number of rotatable bonds is 5. The van der Waals surface area contributed by atoms with Gasteiger partial charge in [0.15, 0.2) is 5.65 Å². The van der Waals surface area contributed by atoms with Gasteiger partial charge in [0.1, 0.15) is 17.2 Å². The van der Waals surface area contributed by atoms with E-state index in [9.17, 15) is 4.79 Å². The van der Waals surface area contributed by atoms with Gasteiger partial charge in [-0.05, 0) is 39.3 Å². The van der Waals surface area contributed by atoms with Crippen LogP contribution in [0.5, 0.6) is 0 Å². The lowest BCUT2D eigenvalue weighted by Crippen LogP contribution is -2.23. The molecule has 23 heavy (non-hydrogen) atoms. The minimum absolute atomic E-state index is 0.109. The van der Waals surface area contributed by atoms with Crippen LogP contribution >= 0.6 is 0 Å². The number of imidazole rings is 1. The Kier molecular flexibility index (Phi) is 4.07. The number of anilines is 1. The third-order valence-corrected chi connectivity index (χ3v) is 4.22. The molecule has 6 nitrogen and oxygen atoms in total. The predicted molar refractivity (Wildman–Crippen MR) is 93.4 cm³/mol. The van der Waals surface area contributed by atoms with Gasteiger partial charge in [-0.15, -0.1) is 0 Å². The molecule has 0 aromatic carbocycles. The Morgan fingerprint density at radius 2 is 1.91 bits per heavy atom. The van der Waals surface area contributed by atoms with Gasteiger partial charge >= 0.3 is 0 Å². The number of aryl methyl sites for hydroxylation is 2. The van der Waals surface area contributed by atoms with E-state index in [0.29, 0.717) is 5.52 Å². The summed E-state index contributed by atoms with van der Waals surface area (Å²) in [6.07, 6.45) is 1.80. The molecule has 1 N–H and O–H groups in total. The maximum atomic E-state index is 12.4. The molecule has 0 atom stereocenters. The van der Waals surface area contributed by atoms with E-state index < -0.39 is 0 Å². The van der Waals surface area contributed by atoms with E-state index in [4.69, 9.17) is 4.98 Å². The normalized spacial score (nSPS) is 11.5. The van der Waals surface area contributed by atoms with Crippen molar-refractivity contribution >= 4 is 22.5 Å². The molecule has 0 unspecified atom stereocenters. The van der Waals surface area contributed by atoms with Crippen molar-refractivity contribution in [3.63, 3.8) is 0 Å². The summed E-state index contributed by atoms with van der Waals surface area (Å²) in [6.45, 7) is 10.0. The Morgan fingerprint density at radius 3 is 2.57 bits per heavy atom. The zero-order chi connectivity index (χ0) is 16.6. The van der Waals surface area contributed by atoms with E-state index in [1.807, 2.05) is 23.5 Å². The number of aromatic amines is 1. The first-order chi connectivity index (χ1) is 11.1. The fraction of sp³-hybridized carbons (Fsp3) is 0.471. The Bertz CT molecular complexity index is 905. The van der Waals surface area contributed by atoms with Gasteiger partial charge in [-0.3, -0.25) is 9.20 Å². The minimum Gasteiger partial charge on any atom is -0.357 e. The first kappa shape index (κ1) is 15.5. The topological polar surface area (TPSA) is 66.3 Å². The van der Waals surface area contributed by atoms with Crippen LogP contribution in [0.25, 0.3) is 16.7 Å². The van der Waals surface area contributed by atoms with Crippen LogP contribution in [0, 0.1) is 6.92 Å². The van der Waals surface area contributed by atoms with Gasteiger partial charge < -0.3 is 9.88 Å². The van der Waals surface area contributed by atoms with Crippen molar-refractivity contribution in [3.8, 4) is 0 Å². The molecule has 3 aromatic rings. The number of pyridine rings is 1. The average molecular weight is 313 g/mol. The first-order valence-electron chi connectivity index (χ1n) is 8.26. The van der Waals surface area contributed by atoms with Gasteiger partial charge in [0.25, 0.3) is 5.56 Å². The summed E-state index contributed by atoms with van der Waals surface area (Å²) in [5, 5.41) is 0. The van der Waals surface area contributed by atoms with Crippen molar-refractivity contribution in [1.29, 1.82) is 0 Å². The van der Waals surface area contributed by atoms with Crippen LogP contribution in [0.3, 0.4) is 0 Å². The predicted octanol–water partition coefficient (Wildman–Crippen LogP) is 2.68. The molecule has 0 saturated carbocycles. The smallest absolute Gasteiger partial charge is 0.274 e. The third-order valence-electron chi connectivity index (χ3n) is 4.22. The summed E-state index contributed by atoms with van der Waals surface area (Å²) in [6, 6.07) is 3.89. The molecule has 0 radical (unpaired) electrons. The summed E-state index contributed by atoms with van der Waals surface area (Å²) in [5.41, 5.74) is 2.76. The molecule has 122 valence electrons. The quantitative estimate of drug-likeness (QED) is 0.786. The van der Waals surface area contributed by atoms with Crippen LogP contribution in [-0.2, 0) is 6.42 Å². The van der Waals surface area contributed by atoms with Crippen molar-refractivity contribution < 1.29 is 0 Å². The van der Waals surface area contributed by atoms with Crippen LogP contribution in [0.15, 0.2) is 16.9 Å². The summed E-state index contributed by atoms with van der Waals surface area (Å²) in [5.74, 6) is 1.82. The molecule has 0 amide bonds. The number of fused-ring (bicyclic) bond motifs is 3. The van der Waals surface area contributed by atoms with Gasteiger partial charge in [0, 0.05) is 19.5 Å². The molecule has 3 aromatic heterocycles. The van der Waals surface area contributed by atoms with Crippen molar-refractivity contribution in [2.75, 3.05) is 18.0 Å². The zero-order valence-corrected chi connectivity index (χ0v) is 14.2. The Balaban J connectivity index is 2.38. The Morgan fingerprint density at radius 1 is 1.17 bits per heavy atom. The lowest BCUT2D eigenvalue weighted by atomic mass is 10.3. The zero-order valence-electron chi connectivity index (χ0n) is 14.2. The maximum Gasteiger partial charge on any atom is 0.274 e. The van der Waals surface area contributed by atoms with E-state index >= 15 is 0 Å². The van der Waals surface area contributed by atoms with Gasteiger partial charge in [0.2, 0.25) is 0 Å². The summed E-state index contributed by atoms with van der Waals surface area (Å²) >= 11 is 0. The lowest BCUT2D eigenvalue weighted by Gasteiger charge is -2.20. The molecule has 0 spiro atoms. The highest BCUT2D eigenvalue weighted by atomic mass is 16.1. The van der Waals surface area contributed by atoms with Gasteiger partial charge in [-0.2, -0.15) is 0 Å². The summed E-state index contributed by atoms with van der Waals surface area (Å²) in [4.78, 5) is 27.0. The molecule has 6 heteroatoms. The van der Waals surface area contributed by atoms with Crippen molar-refractivity contribution in [2.45, 2.75) is 40.5 Å². The van der Waals surface area contributed by atoms with E-state index in [2.05, 4.69) is 35.6 Å². The number of hydrogen-bond donors (Lipinski definition) is 1. The van der Waals surface area contributed by atoms with Gasteiger partial charge in [0.05, 0.1) is 11.2 Å². The SMILES string of the molecule is CCCc1nc(C)c2c(=O)[nH]c3ccc(N(CC)CC)nc3n12. The molecule has 3 rings (SSSR count). The Labute approximate surface area is 135 Å². The molecular weight excluding hydrogens is 290 g/mol. The first-order valence-corrected chi connectivity index (χ1v) is 8.26. The average Bonchev–Trinajstić information content (AvgIpc) is 2.87. The monoisotopic (exact) mass is 313 g/mol. The summed E-state index contributed by atoms with van der Waals surface area (Å²) in [7, 11) is 0. The van der Waals surface area contributed by atoms with Gasteiger partial charge in [-0.1, -0.05) is 6.92 Å². The molecule has 0 aliphatic heterocycles. The molecular formula is C17H23N5O. The number of aromatic nitrogens is 4. The lowest BCUT2D eigenvalue weighted by molar-refractivity contribution is 0.826. The molecule has 0 saturated heterocycles. The van der Waals surface area contributed by atoms with E-state index in [1.54, 1.807) is 0 Å². The van der Waals surface area contributed by atoms with Crippen molar-refractivity contribution in [3.05, 3.63) is 34.0 Å². The highest BCUT2D eigenvalue weighted by molar-refractivity contribution is 5.77. The van der Waals surface area contributed by atoms with Crippen molar-refractivity contribution in [1.82, 2.24) is 19.4 Å². The van der Waals surface area contributed by atoms with E-state index in [0.717, 1.165) is 54.4 Å². The van der Waals surface area contributed by atoms with Crippen molar-refractivity contribution in [2.24, 2.45) is 0 Å². The fourth-order valence-electron chi connectivity index (χ4n) is 3.08. The van der Waals surface area contributed by atoms with Crippen LogP contribution in [0.1, 0.15) is 38.7 Å². The Hall–Kier alpha value is -2.37. The maximum absolute atomic E-state index is 12.4. The number of hydrogen-bond acceptors (Lipinski definition) is 4. The van der Waals surface area contributed by atoms with Crippen LogP contribution in [-0.4, -0.2) is 32.4 Å². The number of nitrogens with zero attached hydrogens (tertiary/aromatic N) is 4. The molecule has 0 fully saturated rings. The second kappa shape index (κ2) is 6.02. The largest absolute Gasteiger partial charge is 0.357 e. The second-order valence-electron chi connectivity index (χ2n) is 5.71. The minimum atomic E-state index is -0.109. The van der Waals surface area contributed by atoms with Gasteiger partial charge in [-0.25, -0.2) is 9.97 Å².